The highest BCUT2D eigenvalue weighted by atomic mass is 32.2. The Kier molecular flexibility index (Phi) is 4.54. The zero-order valence-corrected chi connectivity index (χ0v) is 12.9. The third-order valence-electron chi connectivity index (χ3n) is 4.40. The van der Waals surface area contributed by atoms with Crippen molar-refractivity contribution in [1.29, 1.82) is 0 Å². The standard InChI is InChI=1S/C16H24N2OS/c1-18-10-12(9-17)7-16(18)13-3-2-4-14(8-13)19-15-5-6-20-11-15/h2-4,8,12,15-16H,5-7,9-11,17H2,1H3. The molecule has 2 fully saturated rings. The second kappa shape index (κ2) is 6.37. The maximum absolute atomic E-state index is 6.10. The van der Waals surface area contributed by atoms with Crippen molar-refractivity contribution in [3.8, 4) is 5.75 Å². The van der Waals surface area contributed by atoms with E-state index in [1.807, 2.05) is 11.8 Å². The average molecular weight is 292 g/mol. The monoisotopic (exact) mass is 292 g/mol. The lowest BCUT2D eigenvalue weighted by Crippen LogP contribution is -2.20. The first kappa shape index (κ1) is 14.2. The lowest BCUT2D eigenvalue weighted by Gasteiger charge is -2.21. The predicted molar refractivity (Wildman–Crippen MR) is 85.3 cm³/mol. The van der Waals surface area contributed by atoms with Crippen molar-refractivity contribution in [2.75, 3.05) is 31.6 Å². The van der Waals surface area contributed by atoms with Crippen LogP contribution in [0.3, 0.4) is 0 Å². The Morgan fingerprint density at radius 3 is 3.05 bits per heavy atom. The molecular formula is C16H24N2OS. The molecule has 1 aromatic carbocycles. The van der Waals surface area contributed by atoms with Gasteiger partial charge in [0.05, 0.1) is 0 Å². The molecule has 0 saturated carbocycles. The van der Waals surface area contributed by atoms with Crippen molar-refractivity contribution in [1.82, 2.24) is 4.90 Å². The minimum absolute atomic E-state index is 0.397. The molecule has 3 unspecified atom stereocenters. The Balaban J connectivity index is 1.70. The van der Waals surface area contributed by atoms with Gasteiger partial charge in [-0.2, -0.15) is 11.8 Å². The molecule has 20 heavy (non-hydrogen) atoms. The number of benzene rings is 1. The molecule has 2 aliphatic rings. The molecule has 0 bridgehead atoms. The summed E-state index contributed by atoms with van der Waals surface area (Å²) in [5, 5.41) is 0. The zero-order valence-electron chi connectivity index (χ0n) is 12.1. The molecule has 2 heterocycles. The van der Waals surface area contributed by atoms with E-state index < -0.39 is 0 Å². The molecule has 4 heteroatoms. The number of likely N-dealkylation sites (tertiary alicyclic amines) is 1. The van der Waals surface area contributed by atoms with Crippen molar-refractivity contribution in [3.05, 3.63) is 29.8 Å². The van der Waals surface area contributed by atoms with Crippen LogP contribution in [0.1, 0.15) is 24.4 Å². The number of nitrogens with two attached hydrogens (primary N) is 1. The van der Waals surface area contributed by atoms with Gasteiger partial charge in [0.15, 0.2) is 0 Å². The minimum Gasteiger partial charge on any atom is -0.490 e. The number of nitrogens with zero attached hydrogens (tertiary/aromatic N) is 1. The van der Waals surface area contributed by atoms with Gasteiger partial charge in [0.2, 0.25) is 0 Å². The number of rotatable bonds is 4. The van der Waals surface area contributed by atoms with Crippen LogP contribution in [0, 0.1) is 5.92 Å². The fraction of sp³-hybridized carbons (Fsp3) is 0.625. The smallest absolute Gasteiger partial charge is 0.120 e. The van der Waals surface area contributed by atoms with E-state index in [4.69, 9.17) is 10.5 Å². The first-order chi connectivity index (χ1) is 9.76. The summed E-state index contributed by atoms with van der Waals surface area (Å²) >= 11 is 1.99. The number of ether oxygens (including phenoxy) is 1. The van der Waals surface area contributed by atoms with Crippen LogP contribution in [0.25, 0.3) is 0 Å². The van der Waals surface area contributed by atoms with Crippen LogP contribution in [0.2, 0.25) is 0 Å². The van der Waals surface area contributed by atoms with Crippen LogP contribution in [-0.4, -0.2) is 42.6 Å². The van der Waals surface area contributed by atoms with E-state index in [-0.39, 0.29) is 0 Å². The highest BCUT2D eigenvalue weighted by molar-refractivity contribution is 7.99. The normalized spacial score (nSPS) is 30.8. The Morgan fingerprint density at radius 1 is 1.45 bits per heavy atom. The number of hydrogen-bond acceptors (Lipinski definition) is 4. The molecule has 3 atom stereocenters. The van der Waals surface area contributed by atoms with Gasteiger partial charge in [-0.05, 0) is 55.8 Å². The largest absolute Gasteiger partial charge is 0.490 e. The van der Waals surface area contributed by atoms with Gasteiger partial charge < -0.3 is 10.5 Å². The van der Waals surface area contributed by atoms with Crippen molar-refractivity contribution >= 4 is 11.8 Å². The van der Waals surface area contributed by atoms with E-state index >= 15 is 0 Å². The molecule has 2 N–H and O–H groups in total. The summed E-state index contributed by atoms with van der Waals surface area (Å²) in [4.78, 5) is 2.42. The van der Waals surface area contributed by atoms with Crippen molar-refractivity contribution in [2.24, 2.45) is 11.7 Å². The second-order valence-corrected chi connectivity index (χ2v) is 7.12. The molecule has 1 aromatic rings. The van der Waals surface area contributed by atoms with Gasteiger partial charge in [-0.25, -0.2) is 0 Å². The van der Waals surface area contributed by atoms with E-state index in [0.717, 1.165) is 31.0 Å². The molecule has 0 aliphatic carbocycles. The van der Waals surface area contributed by atoms with Crippen molar-refractivity contribution < 1.29 is 4.74 Å². The van der Waals surface area contributed by atoms with Crippen LogP contribution in [0.15, 0.2) is 24.3 Å². The molecule has 0 aromatic heterocycles. The fourth-order valence-electron chi connectivity index (χ4n) is 3.26. The summed E-state index contributed by atoms with van der Waals surface area (Å²) in [5.41, 5.74) is 7.19. The summed E-state index contributed by atoms with van der Waals surface area (Å²) in [6.45, 7) is 1.89. The van der Waals surface area contributed by atoms with E-state index in [1.165, 1.54) is 17.7 Å². The van der Waals surface area contributed by atoms with E-state index in [0.29, 0.717) is 18.1 Å². The van der Waals surface area contributed by atoms with Gasteiger partial charge in [0, 0.05) is 18.3 Å². The SMILES string of the molecule is CN1CC(CN)CC1c1cccc(OC2CCSC2)c1. The van der Waals surface area contributed by atoms with E-state index in [1.54, 1.807) is 0 Å². The maximum Gasteiger partial charge on any atom is 0.120 e. The Labute approximate surface area is 125 Å². The second-order valence-electron chi connectivity index (χ2n) is 5.97. The van der Waals surface area contributed by atoms with E-state index in [2.05, 4.69) is 36.2 Å². The fourth-order valence-corrected chi connectivity index (χ4v) is 4.35. The number of hydrogen-bond donors (Lipinski definition) is 1. The number of thioether (sulfide) groups is 1. The van der Waals surface area contributed by atoms with Gasteiger partial charge >= 0.3 is 0 Å². The summed E-state index contributed by atoms with van der Waals surface area (Å²) < 4.78 is 6.10. The molecule has 0 amide bonds. The van der Waals surface area contributed by atoms with Crippen molar-refractivity contribution in [2.45, 2.75) is 25.0 Å². The van der Waals surface area contributed by atoms with Crippen LogP contribution >= 0.6 is 11.8 Å². The summed E-state index contributed by atoms with van der Waals surface area (Å²) in [6, 6.07) is 9.14. The third kappa shape index (κ3) is 3.13. The van der Waals surface area contributed by atoms with Crippen LogP contribution in [0.5, 0.6) is 5.75 Å². The third-order valence-corrected chi connectivity index (χ3v) is 5.53. The van der Waals surface area contributed by atoms with Gasteiger partial charge in [-0.3, -0.25) is 4.90 Å². The first-order valence-corrected chi connectivity index (χ1v) is 8.66. The Morgan fingerprint density at radius 2 is 2.35 bits per heavy atom. The Bertz CT molecular complexity index is 448. The molecule has 3 rings (SSSR count). The lowest BCUT2D eigenvalue weighted by atomic mass is 10.00. The molecule has 3 nitrogen and oxygen atoms in total. The topological polar surface area (TPSA) is 38.5 Å². The molecule has 0 spiro atoms. The van der Waals surface area contributed by atoms with Gasteiger partial charge in [-0.1, -0.05) is 12.1 Å². The van der Waals surface area contributed by atoms with E-state index in [9.17, 15) is 0 Å². The molecule has 2 saturated heterocycles. The predicted octanol–water partition coefficient (Wildman–Crippen LogP) is 2.52. The molecule has 2 aliphatic heterocycles. The molecular weight excluding hydrogens is 268 g/mol. The Hall–Kier alpha value is -0.710. The van der Waals surface area contributed by atoms with Gasteiger partial charge in [-0.15, -0.1) is 0 Å². The minimum atomic E-state index is 0.397. The van der Waals surface area contributed by atoms with Crippen LogP contribution < -0.4 is 10.5 Å². The summed E-state index contributed by atoms with van der Waals surface area (Å²) in [6.07, 6.45) is 2.73. The van der Waals surface area contributed by atoms with Crippen LogP contribution in [-0.2, 0) is 0 Å². The average Bonchev–Trinajstić information content (AvgIpc) is 3.08. The van der Waals surface area contributed by atoms with Gasteiger partial charge in [0.1, 0.15) is 11.9 Å². The highest BCUT2D eigenvalue weighted by Gasteiger charge is 2.29. The first-order valence-electron chi connectivity index (χ1n) is 7.51. The zero-order chi connectivity index (χ0) is 13.9. The summed E-state index contributed by atoms with van der Waals surface area (Å²) in [5.74, 6) is 4.01. The van der Waals surface area contributed by atoms with Crippen molar-refractivity contribution in [3.63, 3.8) is 0 Å². The van der Waals surface area contributed by atoms with Crippen LogP contribution in [0.4, 0.5) is 0 Å². The highest BCUT2D eigenvalue weighted by Crippen LogP contribution is 2.35. The summed E-state index contributed by atoms with van der Waals surface area (Å²) in [7, 11) is 2.20. The lowest BCUT2D eigenvalue weighted by molar-refractivity contribution is 0.228. The maximum atomic E-state index is 6.10. The molecule has 0 radical (unpaired) electrons. The molecule has 110 valence electrons. The van der Waals surface area contributed by atoms with Gasteiger partial charge in [0.25, 0.3) is 0 Å². The quantitative estimate of drug-likeness (QED) is 0.925.